The highest BCUT2D eigenvalue weighted by Crippen LogP contribution is 2.28. The summed E-state index contributed by atoms with van der Waals surface area (Å²) in [5.74, 6) is 0.229. The number of hydrogen-bond acceptors (Lipinski definition) is 2. The Morgan fingerprint density at radius 2 is 1.75 bits per heavy atom. The number of benzene rings is 2. The molecule has 2 N–H and O–H groups in total. The number of carbonyl (C=O) groups is 1. The number of hydrogen-bond donors (Lipinski definition) is 1. The van der Waals surface area contributed by atoms with Crippen LogP contribution in [0.15, 0.2) is 42.5 Å². The molecule has 0 heterocycles. The number of carbonyl (C=O) groups excluding carboxylic acids is 1. The Morgan fingerprint density at radius 1 is 1.05 bits per heavy atom. The van der Waals surface area contributed by atoms with Crippen molar-refractivity contribution >= 4 is 16.6 Å². The molecule has 2 rings (SSSR count). The van der Waals surface area contributed by atoms with Crippen molar-refractivity contribution in [3.05, 3.63) is 48.0 Å². The molecule has 2 nitrogen and oxygen atoms in total. The number of Topliss-reactive ketones (excluding diaryl/α,β-unsaturated/α-hetero) is 1. The Hall–Kier alpha value is -1.67. The maximum atomic E-state index is 12.5. The van der Waals surface area contributed by atoms with Gasteiger partial charge in [0.25, 0.3) is 0 Å². The van der Waals surface area contributed by atoms with Gasteiger partial charge in [-0.15, -0.1) is 0 Å². The molecule has 0 saturated heterocycles. The molecule has 2 aromatic carbocycles. The van der Waals surface area contributed by atoms with Gasteiger partial charge in [0.2, 0.25) is 0 Å². The summed E-state index contributed by atoms with van der Waals surface area (Å²) in [5.41, 5.74) is 6.60. The van der Waals surface area contributed by atoms with Crippen LogP contribution in [0.3, 0.4) is 0 Å². The van der Waals surface area contributed by atoms with Gasteiger partial charge < -0.3 is 5.73 Å². The molecule has 0 aliphatic heterocycles. The lowest BCUT2D eigenvalue weighted by Gasteiger charge is -2.23. The number of fused-ring (bicyclic) bond motifs is 1. The molecule has 0 fully saturated rings. The number of rotatable bonds is 6. The monoisotopic (exact) mass is 269 g/mol. The molecule has 0 aliphatic rings. The van der Waals surface area contributed by atoms with Crippen LogP contribution in [-0.4, -0.2) is 12.3 Å². The highest BCUT2D eigenvalue weighted by molar-refractivity contribution is 6.08. The van der Waals surface area contributed by atoms with Crippen LogP contribution in [0, 0.1) is 5.41 Å². The molecule has 2 heteroatoms. The second-order valence-electron chi connectivity index (χ2n) is 6.15. The minimum absolute atomic E-state index is 0.134. The smallest absolute Gasteiger partial charge is 0.163 e. The van der Waals surface area contributed by atoms with Gasteiger partial charge in [0.05, 0.1) is 0 Å². The van der Waals surface area contributed by atoms with Crippen LogP contribution in [0.1, 0.15) is 43.5 Å². The van der Waals surface area contributed by atoms with Gasteiger partial charge in [0.15, 0.2) is 5.78 Å². The zero-order chi connectivity index (χ0) is 14.6. The van der Waals surface area contributed by atoms with Crippen molar-refractivity contribution in [3.8, 4) is 0 Å². The Kier molecular flexibility index (Phi) is 4.56. The molecular formula is C18H23NO. The second-order valence-corrected chi connectivity index (χ2v) is 6.15. The van der Waals surface area contributed by atoms with E-state index in [0.29, 0.717) is 13.0 Å². The van der Waals surface area contributed by atoms with Crippen molar-refractivity contribution in [1.29, 1.82) is 0 Å². The van der Waals surface area contributed by atoms with Crippen molar-refractivity contribution in [2.45, 2.75) is 33.1 Å². The minimum Gasteiger partial charge on any atom is -0.330 e. The van der Waals surface area contributed by atoms with E-state index >= 15 is 0 Å². The first-order chi connectivity index (χ1) is 9.53. The fourth-order valence-electron chi connectivity index (χ4n) is 2.57. The van der Waals surface area contributed by atoms with Gasteiger partial charge in [-0.05, 0) is 35.6 Å². The molecule has 0 saturated carbocycles. The van der Waals surface area contributed by atoms with E-state index in [0.717, 1.165) is 29.2 Å². The highest BCUT2D eigenvalue weighted by Gasteiger charge is 2.19. The molecule has 0 amide bonds. The largest absolute Gasteiger partial charge is 0.330 e. The zero-order valence-electron chi connectivity index (χ0n) is 12.4. The summed E-state index contributed by atoms with van der Waals surface area (Å²) in [5, 5.41) is 2.18. The lowest BCUT2D eigenvalue weighted by Crippen LogP contribution is -2.18. The van der Waals surface area contributed by atoms with Gasteiger partial charge in [-0.25, -0.2) is 0 Å². The topological polar surface area (TPSA) is 43.1 Å². The van der Waals surface area contributed by atoms with Crippen LogP contribution in [0.25, 0.3) is 10.8 Å². The van der Waals surface area contributed by atoms with E-state index in [-0.39, 0.29) is 11.2 Å². The predicted octanol–water partition coefficient (Wildman–Crippen LogP) is 4.18. The van der Waals surface area contributed by atoms with Crippen molar-refractivity contribution < 1.29 is 4.79 Å². The average Bonchev–Trinajstić information content (AvgIpc) is 2.44. The summed E-state index contributed by atoms with van der Waals surface area (Å²) in [6.07, 6.45) is 2.42. The summed E-state index contributed by atoms with van der Waals surface area (Å²) >= 11 is 0. The van der Waals surface area contributed by atoms with Crippen LogP contribution in [-0.2, 0) is 0 Å². The van der Waals surface area contributed by atoms with Gasteiger partial charge in [0, 0.05) is 12.0 Å². The normalized spacial score (nSPS) is 11.8. The molecule has 2 aromatic rings. The molecule has 20 heavy (non-hydrogen) atoms. The third-order valence-corrected chi connectivity index (χ3v) is 3.94. The molecule has 0 atom stereocenters. The van der Waals surface area contributed by atoms with Crippen LogP contribution in [0.2, 0.25) is 0 Å². The fourth-order valence-corrected chi connectivity index (χ4v) is 2.57. The van der Waals surface area contributed by atoms with E-state index in [9.17, 15) is 4.79 Å². The van der Waals surface area contributed by atoms with Crippen molar-refractivity contribution in [2.24, 2.45) is 11.1 Å². The maximum Gasteiger partial charge on any atom is 0.163 e. The van der Waals surface area contributed by atoms with E-state index in [1.165, 1.54) is 0 Å². The van der Waals surface area contributed by atoms with Crippen LogP contribution in [0.5, 0.6) is 0 Å². The zero-order valence-corrected chi connectivity index (χ0v) is 12.4. The Balaban J connectivity index is 2.16. The van der Waals surface area contributed by atoms with E-state index in [1.54, 1.807) is 0 Å². The minimum atomic E-state index is 0.134. The molecule has 0 aromatic heterocycles. The molecule has 0 radical (unpaired) electrons. The maximum absolute atomic E-state index is 12.5. The standard InChI is InChI=1S/C18H23NO/c1-18(2,12-13-19)11-10-17(20)16-9-5-7-14-6-3-4-8-15(14)16/h3-9H,10-13,19H2,1-2H3. The SMILES string of the molecule is CC(C)(CCN)CCC(=O)c1cccc2ccccc12. The lowest BCUT2D eigenvalue weighted by molar-refractivity contribution is 0.0963. The quantitative estimate of drug-likeness (QED) is 0.799. The molecule has 0 unspecified atom stereocenters. The average molecular weight is 269 g/mol. The third kappa shape index (κ3) is 3.45. The van der Waals surface area contributed by atoms with Gasteiger partial charge >= 0.3 is 0 Å². The van der Waals surface area contributed by atoms with E-state index < -0.39 is 0 Å². The van der Waals surface area contributed by atoms with Gasteiger partial charge in [0.1, 0.15) is 0 Å². The predicted molar refractivity (Wildman–Crippen MR) is 85.0 cm³/mol. The fraction of sp³-hybridized carbons (Fsp3) is 0.389. The third-order valence-electron chi connectivity index (χ3n) is 3.94. The molecule has 0 bridgehead atoms. The van der Waals surface area contributed by atoms with E-state index in [2.05, 4.69) is 13.8 Å². The van der Waals surface area contributed by atoms with Gasteiger partial charge in [-0.2, -0.15) is 0 Å². The van der Waals surface area contributed by atoms with E-state index in [1.807, 2.05) is 42.5 Å². The Morgan fingerprint density at radius 3 is 2.50 bits per heavy atom. The summed E-state index contributed by atoms with van der Waals surface area (Å²) in [7, 11) is 0. The Bertz CT molecular complexity index is 596. The number of ketones is 1. The molecule has 0 aliphatic carbocycles. The van der Waals surface area contributed by atoms with Crippen LogP contribution < -0.4 is 5.73 Å². The second kappa shape index (κ2) is 6.19. The molecular weight excluding hydrogens is 246 g/mol. The van der Waals surface area contributed by atoms with E-state index in [4.69, 9.17) is 5.73 Å². The highest BCUT2D eigenvalue weighted by atomic mass is 16.1. The first-order valence-electron chi connectivity index (χ1n) is 7.24. The summed E-state index contributed by atoms with van der Waals surface area (Å²) in [4.78, 5) is 12.5. The molecule has 0 spiro atoms. The molecule has 106 valence electrons. The number of nitrogens with two attached hydrogens (primary N) is 1. The summed E-state index contributed by atoms with van der Waals surface area (Å²) < 4.78 is 0. The van der Waals surface area contributed by atoms with Gasteiger partial charge in [-0.1, -0.05) is 56.3 Å². The lowest BCUT2D eigenvalue weighted by atomic mass is 9.83. The summed E-state index contributed by atoms with van der Waals surface area (Å²) in [6, 6.07) is 14.0. The van der Waals surface area contributed by atoms with Crippen LogP contribution in [0.4, 0.5) is 0 Å². The van der Waals surface area contributed by atoms with Crippen molar-refractivity contribution in [1.82, 2.24) is 0 Å². The Labute approximate surface area is 121 Å². The first-order valence-corrected chi connectivity index (χ1v) is 7.24. The van der Waals surface area contributed by atoms with Gasteiger partial charge in [-0.3, -0.25) is 4.79 Å². The van der Waals surface area contributed by atoms with Crippen molar-refractivity contribution in [2.75, 3.05) is 6.54 Å². The van der Waals surface area contributed by atoms with Crippen molar-refractivity contribution in [3.63, 3.8) is 0 Å². The summed E-state index contributed by atoms with van der Waals surface area (Å²) in [6.45, 7) is 5.03. The van der Waals surface area contributed by atoms with Crippen LogP contribution >= 0.6 is 0 Å². The first kappa shape index (κ1) is 14.7.